The van der Waals surface area contributed by atoms with Crippen LogP contribution in [0.2, 0.25) is 0 Å². The predicted octanol–water partition coefficient (Wildman–Crippen LogP) is 1.21. The summed E-state index contributed by atoms with van der Waals surface area (Å²) in [7, 11) is 1.54. The Hall–Kier alpha value is -0.420. The molecule has 0 aromatic carbocycles. The molecular weight excluding hydrogens is 144 g/mol. The fraction of sp³-hybridized carbons (Fsp3) is 0.333. The third kappa shape index (κ3) is 0.873. The number of nitrogens with one attached hydrogen (secondary N) is 1. The number of aromatic nitrogens is 2. The molecule has 1 heterocycles. The van der Waals surface area contributed by atoms with Gasteiger partial charge in [0, 0.05) is 11.7 Å². The molecule has 0 atom stereocenters. The summed E-state index contributed by atoms with van der Waals surface area (Å²) in [6.45, 7) is 0. The number of aromatic amines is 1. The van der Waals surface area contributed by atoms with E-state index in [4.69, 9.17) is 17.0 Å². The Morgan fingerprint density at radius 1 is 1.88 bits per heavy atom. The van der Waals surface area contributed by atoms with Crippen LogP contribution in [0.5, 0.6) is 5.88 Å². The van der Waals surface area contributed by atoms with Crippen LogP contribution in [0.15, 0.2) is 0 Å². The van der Waals surface area contributed by atoms with Gasteiger partial charge in [-0.25, -0.2) is 0 Å². The number of rotatable bonds is 1. The van der Waals surface area contributed by atoms with Gasteiger partial charge in [-0.2, -0.15) is 0 Å². The minimum Gasteiger partial charge on any atom is -0.478 e. The fourth-order valence-corrected chi connectivity index (χ4v) is 1.08. The molecule has 0 aliphatic carbocycles. The molecule has 5 heteroatoms. The Balaban J connectivity index is 3.11. The second-order valence-electron chi connectivity index (χ2n) is 1.12. The van der Waals surface area contributed by atoms with Gasteiger partial charge in [0.15, 0.2) is 4.64 Å². The molecule has 0 radical (unpaired) electrons. The van der Waals surface area contributed by atoms with E-state index in [1.807, 2.05) is 0 Å². The number of hydrogen-bond acceptors (Lipinski definition) is 4. The molecule has 1 aromatic heterocycles. The Bertz CT molecular complexity index is 215. The van der Waals surface area contributed by atoms with E-state index in [2.05, 4.69) is 8.75 Å². The Labute approximate surface area is 55.6 Å². The van der Waals surface area contributed by atoms with Gasteiger partial charge in [-0.05, 0) is 0 Å². The maximum absolute atomic E-state index is 4.75. The molecule has 0 amide bonds. The lowest BCUT2D eigenvalue weighted by Crippen LogP contribution is -1.80. The van der Waals surface area contributed by atoms with Crippen LogP contribution in [-0.2, 0) is 0 Å². The van der Waals surface area contributed by atoms with Crippen molar-refractivity contribution in [2.75, 3.05) is 7.11 Å². The molecular formula is C3H4N2OS2. The highest BCUT2D eigenvalue weighted by atomic mass is 32.1. The number of methoxy groups -OCH3 is 1. The molecule has 0 bridgehead atoms. The van der Waals surface area contributed by atoms with Crippen molar-refractivity contribution in [2.45, 2.75) is 0 Å². The average molecular weight is 148 g/mol. The highest BCUT2D eigenvalue weighted by molar-refractivity contribution is 7.71. The topological polar surface area (TPSA) is 37.9 Å². The van der Waals surface area contributed by atoms with Crippen molar-refractivity contribution < 1.29 is 4.74 Å². The van der Waals surface area contributed by atoms with E-state index in [0.29, 0.717) is 10.5 Å². The zero-order valence-corrected chi connectivity index (χ0v) is 5.80. The van der Waals surface area contributed by atoms with Crippen molar-refractivity contribution in [1.29, 1.82) is 0 Å². The molecule has 3 nitrogen and oxygen atoms in total. The van der Waals surface area contributed by atoms with Crippen molar-refractivity contribution in [2.24, 2.45) is 0 Å². The first-order chi connectivity index (χ1) is 3.84. The van der Waals surface area contributed by atoms with Crippen molar-refractivity contribution >= 4 is 23.9 Å². The third-order valence-electron chi connectivity index (χ3n) is 0.654. The first kappa shape index (κ1) is 5.71. The van der Waals surface area contributed by atoms with E-state index < -0.39 is 0 Å². The zero-order chi connectivity index (χ0) is 5.98. The molecule has 0 aliphatic heterocycles. The van der Waals surface area contributed by atoms with Crippen molar-refractivity contribution in [3.63, 3.8) is 0 Å². The summed E-state index contributed by atoms with van der Waals surface area (Å²) in [6, 6.07) is 0. The van der Waals surface area contributed by atoms with Gasteiger partial charge < -0.3 is 4.74 Å². The van der Waals surface area contributed by atoms with E-state index in [-0.39, 0.29) is 0 Å². The molecule has 44 valence electrons. The maximum atomic E-state index is 4.75. The number of H-pyrrole nitrogens is 1. The van der Waals surface area contributed by atoms with Crippen molar-refractivity contribution in [1.82, 2.24) is 8.75 Å². The molecule has 8 heavy (non-hydrogen) atoms. The smallest absolute Gasteiger partial charge is 0.262 e. The molecule has 0 fully saturated rings. The second-order valence-corrected chi connectivity index (χ2v) is 2.10. The minimum absolute atomic E-state index is 0.505. The van der Waals surface area contributed by atoms with E-state index >= 15 is 0 Å². The quantitative estimate of drug-likeness (QED) is 0.608. The number of hydrogen-bond donors (Lipinski definition) is 1. The first-order valence-corrected chi connectivity index (χ1v) is 3.11. The maximum Gasteiger partial charge on any atom is 0.262 e. The van der Waals surface area contributed by atoms with E-state index in [1.54, 1.807) is 7.11 Å². The van der Waals surface area contributed by atoms with Gasteiger partial charge in [0.05, 0.1) is 7.11 Å². The van der Waals surface area contributed by atoms with Crippen molar-refractivity contribution in [3.05, 3.63) is 4.64 Å². The molecule has 0 aliphatic rings. The van der Waals surface area contributed by atoms with Gasteiger partial charge in [-0.3, -0.25) is 4.37 Å². The lowest BCUT2D eigenvalue weighted by Gasteiger charge is -1.84. The molecule has 1 aromatic rings. The summed E-state index contributed by atoms with van der Waals surface area (Å²) in [5, 5.41) is 0. The summed E-state index contributed by atoms with van der Waals surface area (Å²) in [4.78, 5) is 0. The van der Waals surface area contributed by atoms with Gasteiger partial charge in [0.25, 0.3) is 5.88 Å². The number of nitrogens with zero attached hydrogens (tertiary/aromatic N) is 1. The van der Waals surface area contributed by atoms with E-state index in [1.165, 1.54) is 11.7 Å². The van der Waals surface area contributed by atoms with Gasteiger partial charge in [-0.15, -0.1) is 4.37 Å². The minimum atomic E-state index is 0.505. The summed E-state index contributed by atoms with van der Waals surface area (Å²) in [5.74, 6) is 0.505. The highest BCUT2D eigenvalue weighted by Gasteiger charge is 1.93. The summed E-state index contributed by atoms with van der Waals surface area (Å²) < 4.78 is 11.8. The van der Waals surface area contributed by atoms with Gasteiger partial charge in [0.2, 0.25) is 0 Å². The first-order valence-electron chi connectivity index (χ1n) is 1.93. The fourth-order valence-electron chi connectivity index (χ4n) is 0.321. The number of ether oxygens (including phenoxy) is 1. The van der Waals surface area contributed by atoms with Crippen LogP contribution in [0.25, 0.3) is 0 Å². The molecule has 1 N–H and O–H groups in total. The lowest BCUT2D eigenvalue weighted by atomic mass is 10.8. The predicted molar refractivity (Wildman–Crippen MR) is 33.9 cm³/mol. The molecule has 0 unspecified atom stereocenters. The van der Waals surface area contributed by atoms with Crippen LogP contribution in [0.4, 0.5) is 0 Å². The van der Waals surface area contributed by atoms with Gasteiger partial charge in [-0.1, -0.05) is 12.2 Å². The molecule has 1 rings (SSSR count). The SMILES string of the molecule is COc1ns[nH]c1=S. The monoisotopic (exact) mass is 148 g/mol. The lowest BCUT2D eigenvalue weighted by molar-refractivity contribution is 0.400. The Kier molecular flexibility index (Phi) is 1.59. The standard InChI is InChI=1S/C3H4N2OS2/c1-6-2-3(7)5-8-4-2/h1H3,(H,5,7). The van der Waals surface area contributed by atoms with Crippen LogP contribution < -0.4 is 4.74 Å². The second kappa shape index (κ2) is 2.23. The average Bonchev–Trinajstić information content (AvgIpc) is 2.14. The Morgan fingerprint density at radius 2 is 2.62 bits per heavy atom. The largest absolute Gasteiger partial charge is 0.478 e. The summed E-state index contributed by atoms with van der Waals surface area (Å²) in [6.07, 6.45) is 0. The molecule has 0 saturated carbocycles. The molecule has 0 saturated heterocycles. The van der Waals surface area contributed by atoms with Crippen LogP contribution in [0, 0.1) is 4.64 Å². The van der Waals surface area contributed by atoms with Crippen LogP contribution in [0.1, 0.15) is 0 Å². The van der Waals surface area contributed by atoms with Crippen LogP contribution in [-0.4, -0.2) is 15.9 Å². The van der Waals surface area contributed by atoms with Gasteiger partial charge in [0.1, 0.15) is 0 Å². The summed E-state index contributed by atoms with van der Waals surface area (Å²) in [5.41, 5.74) is 0. The van der Waals surface area contributed by atoms with E-state index in [0.717, 1.165) is 0 Å². The van der Waals surface area contributed by atoms with Crippen LogP contribution >= 0.6 is 23.9 Å². The third-order valence-corrected chi connectivity index (χ3v) is 1.61. The van der Waals surface area contributed by atoms with E-state index in [9.17, 15) is 0 Å². The normalized spacial score (nSPS) is 9.12. The molecule has 0 spiro atoms. The van der Waals surface area contributed by atoms with Crippen LogP contribution in [0.3, 0.4) is 0 Å². The van der Waals surface area contributed by atoms with Crippen molar-refractivity contribution in [3.8, 4) is 5.88 Å². The summed E-state index contributed by atoms with van der Waals surface area (Å²) >= 11 is 5.94. The zero-order valence-electron chi connectivity index (χ0n) is 4.17. The highest BCUT2D eigenvalue weighted by Crippen LogP contribution is 2.06. The Morgan fingerprint density at radius 3 is 2.88 bits per heavy atom. The van der Waals surface area contributed by atoms with Gasteiger partial charge >= 0.3 is 0 Å².